The highest BCUT2D eigenvalue weighted by Crippen LogP contribution is 2.45. The quantitative estimate of drug-likeness (QED) is 0.108. The van der Waals surface area contributed by atoms with E-state index in [4.69, 9.17) is 13.9 Å². The third kappa shape index (κ3) is 5.28. The zero-order valence-electron chi connectivity index (χ0n) is 20.0. The minimum atomic E-state index is -4.82. The Morgan fingerprint density at radius 1 is 0.919 bits per heavy atom. The van der Waals surface area contributed by atoms with E-state index < -0.39 is 35.0 Å². The van der Waals surface area contributed by atoms with Crippen molar-refractivity contribution in [1.82, 2.24) is 0 Å². The number of fused-ring (bicyclic) bond motifs is 3. The van der Waals surface area contributed by atoms with Crippen LogP contribution >= 0.6 is 0 Å². The Labute approximate surface area is 210 Å². The van der Waals surface area contributed by atoms with Crippen LogP contribution in [0.5, 0.6) is 5.75 Å². The van der Waals surface area contributed by atoms with Crippen molar-refractivity contribution >= 4 is 33.9 Å². The van der Waals surface area contributed by atoms with E-state index in [1.807, 2.05) is 30.3 Å². The van der Waals surface area contributed by atoms with Gasteiger partial charge in [-0.1, -0.05) is 43.5 Å². The second-order valence-electron chi connectivity index (χ2n) is 8.33. The molecule has 0 unspecified atom stereocenters. The van der Waals surface area contributed by atoms with E-state index in [1.54, 1.807) is 13.0 Å². The van der Waals surface area contributed by atoms with Crippen LogP contribution in [0, 0.1) is 6.92 Å². The second-order valence-corrected chi connectivity index (χ2v) is 8.33. The SMILES string of the molecule is C=CC(=O)OCCCc1ccc(-c2ccc3c(oc4c(C(F)(F)F)c(OC(=O)C=C)ccc43)c2C)cc1. The summed E-state index contributed by atoms with van der Waals surface area (Å²) in [5.74, 6) is -2.10. The predicted molar refractivity (Wildman–Crippen MR) is 134 cm³/mol. The molecule has 0 saturated heterocycles. The van der Waals surface area contributed by atoms with Crippen molar-refractivity contribution in [2.75, 3.05) is 6.61 Å². The fraction of sp³-hybridized carbons (Fsp3) is 0.172. The molecule has 1 heterocycles. The number of carbonyl (C=O) groups is 2. The Balaban J connectivity index is 1.69. The van der Waals surface area contributed by atoms with E-state index in [2.05, 4.69) is 13.2 Å². The van der Waals surface area contributed by atoms with Crippen LogP contribution in [-0.4, -0.2) is 18.5 Å². The van der Waals surface area contributed by atoms with Crippen LogP contribution in [0.25, 0.3) is 33.1 Å². The normalized spacial score (nSPS) is 11.5. The summed E-state index contributed by atoms with van der Waals surface area (Å²) in [6.45, 7) is 8.66. The molecule has 190 valence electrons. The fourth-order valence-corrected chi connectivity index (χ4v) is 4.20. The van der Waals surface area contributed by atoms with Crippen LogP contribution in [-0.2, 0) is 26.9 Å². The maximum absolute atomic E-state index is 14.0. The number of rotatable bonds is 8. The van der Waals surface area contributed by atoms with Gasteiger partial charge in [-0.15, -0.1) is 0 Å². The average molecular weight is 508 g/mol. The molecule has 0 atom stereocenters. The Kier molecular flexibility index (Phi) is 7.20. The minimum absolute atomic E-state index is 0.267. The Morgan fingerprint density at radius 3 is 2.22 bits per heavy atom. The van der Waals surface area contributed by atoms with Gasteiger partial charge in [-0.05, 0) is 54.7 Å². The van der Waals surface area contributed by atoms with Gasteiger partial charge in [-0.3, -0.25) is 0 Å². The van der Waals surface area contributed by atoms with Crippen LogP contribution in [0.1, 0.15) is 23.1 Å². The standard InChI is InChI=1S/C29H23F3O5/c1-4-24(33)35-16-6-7-18-8-10-19(11-9-18)20-12-13-21-22-14-15-23(36-25(34)5-2)26(29(30,31)32)28(22)37-27(21)17(20)3/h4-5,8-15H,1-2,6-7,16H2,3H3. The van der Waals surface area contributed by atoms with Gasteiger partial charge in [0.2, 0.25) is 0 Å². The molecule has 0 spiro atoms. The maximum Gasteiger partial charge on any atom is 0.423 e. The first kappa shape index (κ1) is 25.8. The molecule has 0 saturated carbocycles. The smallest absolute Gasteiger partial charge is 0.423 e. The highest BCUT2D eigenvalue weighted by molar-refractivity contribution is 6.09. The number of alkyl halides is 3. The zero-order chi connectivity index (χ0) is 26.7. The summed E-state index contributed by atoms with van der Waals surface area (Å²) in [4.78, 5) is 22.7. The van der Waals surface area contributed by atoms with Crippen LogP contribution in [0.15, 0.2) is 78.3 Å². The summed E-state index contributed by atoms with van der Waals surface area (Å²) in [6, 6.07) is 13.9. The first-order valence-corrected chi connectivity index (χ1v) is 11.4. The molecule has 37 heavy (non-hydrogen) atoms. The molecular weight excluding hydrogens is 485 g/mol. The van der Waals surface area contributed by atoms with Crippen LogP contribution in [0.3, 0.4) is 0 Å². The van der Waals surface area contributed by atoms with Crippen molar-refractivity contribution in [3.8, 4) is 16.9 Å². The van der Waals surface area contributed by atoms with E-state index in [0.29, 0.717) is 36.0 Å². The third-order valence-corrected chi connectivity index (χ3v) is 5.97. The molecule has 0 fully saturated rings. The van der Waals surface area contributed by atoms with Gasteiger partial charge in [0.25, 0.3) is 0 Å². The predicted octanol–water partition coefficient (Wildman–Crippen LogP) is 7.33. The number of benzene rings is 3. The Hall–Kier alpha value is -4.33. The molecule has 3 aromatic carbocycles. The molecule has 4 rings (SSSR count). The van der Waals surface area contributed by atoms with E-state index in [1.165, 1.54) is 6.07 Å². The summed E-state index contributed by atoms with van der Waals surface area (Å²) in [5.41, 5.74) is 2.18. The van der Waals surface area contributed by atoms with Crippen molar-refractivity contribution in [2.45, 2.75) is 25.9 Å². The summed E-state index contributed by atoms with van der Waals surface area (Å²) in [7, 11) is 0. The number of esters is 2. The Morgan fingerprint density at radius 2 is 1.57 bits per heavy atom. The van der Waals surface area contributed by atoms with Crippen LogP contribution < -0.4 is 4.74 Å². The number of carbonyl (C=O) groups excluding carboxylic acids is 2. The topological polar surface area (TPSA) is 65.7 Å². The van der Waals surface area contributed by atoms with Crippen molar-refractivity contribution in [1.29, 1.82) is 0 Å². The molecule has 0 radical (unpaired) electrons. The average Bonchev–Trinajstić information content (AvgIpc) is 3.25. The van der Waals surface area contributed by atoms with Gasteiger partial charge < -0.3 is 13.9 Å². The van der Waals surface area contributed by atoms with Crippen molar-refractivity contribution in [3.05, 3.63) is 90.5 Å². The molecular formula is C29H23F3O5. The molecule has 8 heteroatoms. The van der Waals surface area contributed by atoms with Crippen LogP contribution in [0.2, 0.25) is 0 Å². The molecule has 0 aliphatic carbocycles. The van der Waals surface area contributed by atoms with Crippen molar-refractivity contribution < 1.29 is 36.7 Å². The van der Waals surface area contributed by atoms with Crippen molar-refractivity contribution in [2.24, 2.45) is 0 Å². The van der Waals surface area contributed by atoms with Gasteiger partial charge in [0, 0.05) is 28.5 Å². The van der Waals surface area contributed by atoms with Gasteiger partial charge in [0.15, 0.2) is 5.58 Å². The third-order valence-electron chi connectivity index (χ3n) is 5.97. The number of halogens is 3. The van der Waals surface area contributed by atoms with Gasteiger partial charge in [0.05, 0.1) is 6.61 Å². The largest absolute Gasteiger partial charge is 0.463 e. The lowest BCUT2D eigenvalue weighted by molar-refractivity contribution is -0.140. The molecule has 0 aliphatic rings. The molecule has 0 N–H and O–H groups in total. The van der Waals surface area contributed by atoms with Gasteiger partial charge in [0.1, 0.15) is 16.9 Å². The number of hydrogen-bond donors (Lipinski definition) is 0. The van der Waals surface area contributed by atoms with Crippen LogP contribution in [0.4, 0.5) is 13.2 Å². The van der Waals surface area contributed by atoms with E-state index >= 15 is 0 Å². The molecule has 5 nitrogen and oxygen atoms in total. The van der Waals surface area contributed by atoms with Gasteiger partial charge in [-0.2, -0.15) is 13.2 Å². The number of furan rings is 1. The summed E-state index contributed by atoms with van der Waals surface area (Å²) in [6.07, 6.45) is -1.53. The van der Waals surface area contributed by atoms with Gasteiger partial charge >= 0.3 is 18.1 Å². The first-order valence-electron chi connectivity index (χ1n) is 11.4. The maximum atomic E-state index is 14.0. The van der Waals surface area contributed by atoms with E-state index in [-0.39, 0.29) is 5.39 Å². The summed E-state index contributed by atoms with van der Waals surface area (Å²) < 4.78 is 57.6. The number of aryl methyl sites for hydroxylation is 2. The molecule has 4 aromatic rings. The monoisotopic (exact) mass is 508 g/mol. The first-order chi connectivity index (χ1) is 17.6. The van der Waals surface area contributed by atoms with Gasteiger partial charge in [-0.25, -0.2) is 9.59 Å². The lowest BCUT2D eigenvalue weighted by atomic mass is 9.96. The molecule has 0 amide bonds. The lowest BCUT2D eigenvalue weighted by Crippen LogP contribution is -2.12. The molecule has 1 aromatic heterocycles. The highest BCUT2D eigenvalue weighted by atomic mass is 19.4. The molecule has 0 bridgehead atoms. The van der Waals surface area contributed by atoms with Crippen molar-refractivity contribution in [3.63, 3.8) is 0 Å². The number of hydrogen-bond acceptors (Lipinski definition) is 5. The second kappa shape index (κ2) is 10.3. The summed E-state index contributed by atoms with van der Waals surface area (Å²) >= 11 is 0. The summed E-state index contributed by atoms with van der Waals surface area (Å²) in [5, 5.41) is 0.789. The fourth-order valence-electron chi connectivity index (χ4n) is 4.20. The zero-order valence-corrected chi connectivity index (χ0v) is 20.0. The molecule has 0 aliphatic heterocycles. The highest BCUT2D eigenvalue weighted by Gasteiger charge is 2.39. The lowest BCUT2D eigenvalue weighted by Gasteiger charge is -2.12. The Bertz CT molecular complexity index is 1510. The van der Waals surface area contributed by atoms with E-state index in [0.717, 1.165) is 34.9 Å². The minimum Gasteiger partial charge on any atom is -0.463 e. The number of ether oxygens (including phenoxy) is 2. The van der Waals surface area contributed by atoms with E-state index in [9.17, 15) is 22.8 Å².